The summed E-state index contributed by atoms with van der Waals surface area (Å²) in [5, 5.41) is 0. The summed E-state index contributed by atoms with van der Waals surface area (Å²) in [5.74, 6) is 0.0914. The Morgan fingerprint density at radius 3 is 2.89 bits per heavy atom. The topological polar surface area (TPSA) is 23.6 Å². The first-order chi connectivity index (χ1) is 8.99. The maximum atomic E-state index is 12.5. The Labute approximate surface area is 121 Å². The molecule has 0 radical (unpaired) electrons. The molecule has 19 heavy (non-hydrogen) atoms. The molecule has 1 fully saturated rings. The van der Waals surface area contributed by atoms with Crippen LogP contribution in [0.5, 0.6) is 0 Å². The third-order valence-corrected chi connectivity index (χ3v) is 4.23. The molecule has 1 aromatic carbocycles. The SMILES string of the molecule is Cc1ccc(S)cc1C(=O)N(C)CC1CCCN1C. The molecule has 0 aromatic heterocycles. The molecule has 0 spiro atoms. The molecule has 1 heterocycles. The molecule has 1 unspecified atom stereocenters. The van der Waals surface area contributed by atoms with Crippen LogP contribution in [0.2, 0.25) is 0 Å². The van der Waals surface area contributed by atoms with E-state index in [2.05, 4.69) is 24.6 Å². The number of carbonyl (C=O) groups is 1. The molecule has 104 valence electrons. The number of nitrogens with zero attached hydrogens (tertiary/aromatic N) is 2. The number of hydrogen-bond acceptors (Lipinski definition) is 3. The van der Waals surface area contributed by atoms with Crippen molar-refractivity contribution in [3.8, 4) is 0 Å². The van der Waals surface area contributed by atoms with Crippen molar-refractivity contribution in [2.75, 3.05) is 27.2 Å². The summed E-state index contributed by atoms with van der Waals surface area (Å²) in [6, 6.07) is 6.22. The van der Waals surface area contributed by atoms with Crippen molar-refractivity contribution in [1.82, 2.24) is 9.80 Å². The van der Waals surface area contributed by atoms with Crippen molar-refractivity contribution >= 4 is 18.5 Å². The van der Waals surface area contributed by atoms with E-state index in [0.717, 1.165) is 29.1 Å². The van der Waals surface area contributed by atoms with E-state index in [1.54, 1.807) is 0 Å². The van der Waals surface area contributed by atoms with Gasteiger partial charge in [0.15, 0.2) is 0 Å². The molecule has 1 atom stereocenters. The van der Waals surface area contributed by atoms with Crippen molar-refractivity contribution in [3.63, 3.8) is 0 Å². The van der Waals surface area contributed by atoms with Crippen molar-refractivity contribution < 1.29 is 4.79 Å². The van der Waals surface area contributed by atoms with E-state index >= 15 is 0 Å². The second-order valence-electron chi connectivity index (χ2n) is 5.46. The number of aryl methyl sites for hydroxylation is 1. The summed E-state index contributed by atoms with van der Waals surface area (Å²) in [7, 11) is 4.02. The van der Waals surface area contributed by atoms with Crippen molar-refractivity contribution in [2.24, 2.45) is 0 Å². The van der Waals surface area contributed by atoms with E-state index < -0.39 is 0 Å². The average Bonchev–Trinajstić information content (AvgIpc) is 2.77. The van der Waals surface area contributed by atoms with Crippen molar-refractivity contribution in [1.29, 1.82) is 0 Å². The average molecular weight is 278 g/mol. The third kappa shape index (κ3) is 3.31. The third-order valence-electron chi connectivity index (χ3n) is 3.95. The summed E-state index contributed by atoms with van der Waals surface area (Å²) in [6.07, 6.45) is 2.41. The number of benzene rings is 1. The highest BCUT2D eigenvalue weighted by atomic mass is 32.1. The highest BCUT2D eigenvalue weighted by Crippen LogP contribution is 2.19. The lowest BCUT2D eigenvalue weighted by molar-refractivity contribution is 0.0760. The number of amides is 1. The van der Waals surface area contributed by atoms with Gasteiger partial charge in [-0.3, -0.25) is 4.79 Å². The fraction of sp³-hybridized carbons (Fsp3) is 0.533. The summed E-state index contributed by atoms with van der Waals surface area (Å²) in [6.45, 7) is 3.90. The summed E-state index contributed by atoms with van der Waals surface area (Å²) in [4.78, 5) is 17.5. The van der Waals surface area contributed by atoms with Crippen molar-refractivity contribution in [2.45, 2.75) is 30.7 Å². The zero-order valence-electron chi connectivity index (χ0n) is 11.9. The van der Waals surface area contributed by atoms with E-state index in [-0.39, 0.29) is 5.91 Å². The maximum absolute atomic E-state index is 12.5. The molecule has 0 bridgehead atoms. The Balaban J connectivity index is 2.08. The highest BCUT2D eigenvalue weighted by Gasteiger charge is 2.24. The van der Waals surface area contributed by atoms with E-state index in [9.17, 15) is 4.79 Å². The van der Waals surface area contributed by atoms with Crippen LogP contribution in [0, 0.1) is 6.92 Å². The lowest BCUT2D eigenvalue weighted by Gasteiger charge is -2.26. The fourth-order valence-corrected chi connectivity index (χ4v) is 2.86. The maximum Gasteiger partial charge on any atom is 0.253 e. The number of carbonyl (C=O) groups excluding carboxylic acids is 1. The molecule has 2 rings (SSSR count). The van der Waals surface area contributed by atoms with E-state index in [4.69, 9.17) is 0 Å². The van der Waals surface area contributed by atoms with Gasteiger partial charge in [-0.2, -0.15) is 0 Å². The Morgan fingerprint density at radius 2 is 2.26 bits per heavy atom. The minimum atomic E-state index is 0.0914. The number of likely N-dealkylation sites (N-methyl/N-ethyl adjacent to an activating group) is 2. The molecule has 0 N–H and O–H groups in total. The van der Waals surface area contributed by atoms with Gasteiger partial charge in [-0.1, -0.05) is 6.07 Å². The Bertz CT molecular complexity index is 475. The quantitative estimate of drug-likeness (QED) is 0.859. The molecular weight excluding hydrogens is 256 g/mol. The summed E-state index contributed by atoms with van der Waals surface area (Å²) < 4.78 is 0. The van der Waals surface area contributed by atoms with Gasteiger partial charge in [0, 0.05) is 30.1 Å². The minimum Gasteiger partial charge on any atom is -0.340 e. The van der Waals surface area contributed by atoms with Gasteiger partial charge in [0.25, 0.3) is 5.91 Å². The Morgan fingerprint density at radius 1 is 1.53 bits per heavy atom. The van der Waals surface area contributed by atoms with Crippen LogP contribution in [0.4, 0.5) is 0 Å². The normalized spacial score (nSPS) is 19.7. The number of likely N-dealkylation sites (tertiary alicyclic amines) is 1. The first-order valence-electron chi connectivity index (χ1n) is 6.74. The number of rotatable bonds is 3. The summed E-state index contributed by atoms with van der Waals surface area (Å²) in [5.41, 5.74) is 1.77. The molecule has 1 saturated heterocycles. The van der Waals surface area contributed by atoms with Gasteiger partial charge < -0.3 is 9.80 Å². The number of thiol groups is 1. The lowest BCUT2D eigenvalue weighted by Crippen LogP contribution is -2.39. The van der Waals surface area contributed by atoms with E-state index in [0.29, 0.717) is 6.04 Å². The number of hydrogen-bond donors (Lipinski definition) is 1. The molecule has 1 aliphatic rings. The molecule has 4 heteroatoms. The van der Waals surface area contributed by atoms with Crippen LogP contribution in [0.3, 0.4) is 0 Å². The van der Waals surface area contributed by atoms with Gasteiger partial charge in [0.2, 0.25) is 0 Å². The first kappa shape index (κ1) is 14.4. The van der Waals surface area contributed by atoms with Crippen LogP contribution in [-0.4, -0.2) is 48.9 Å². The summed E-state index contributed by atoms with van der Waals surface area (Å²) >= 11 is 4.32. The van der Waals surface area contributed by atoms with Crippen LogP contribution in [0.15, 0.2) is 23.1 Å². The Hall–Kier alpha value is -1.00. The largest absolute Gasteiger partial charge is 0.340 e. The molecular formula is C15H22N2OS. The second-order valence-corrected chi connectivity index (χ2v) is 5.98. The molecule has 1 aromatic rings. The van der Waals surface area contributed by atoms with Crippen molar-refractivity contribution in [3.05, 3.63) is 29.3 Å². The van der Waals surface area contributed by atoms with E-state index in [1.807, 2.05) is 37.1 Å². The fourth-order valence-electron chi connectivity index (χ4n) is 2.66. The second kappa shape index (κ2) is 5.97. The molecule has 1 amide bonds. The molecule has 0 saturated carbocycles. The molecule has 0 aliphatic carbocycles. The van der Waals surface area contributed by atoms with E-state index in [1.165, 1.54) is 12.8 Å². The molecule has 3 nitrogen and oxygen atoms in total. The first-order valence-corrected chi connectivity index (χ1v) is 7.19. The van der Waals surface area contributed by atoms with Gasteiger partial charge in [-0.05, 0) is 51.1 Å². The monoisotopic (exact) mass is 278 g/mol. The van der Waals surface area contributed by atoms with Gasteiger partial charge in [0.1, 0.15) is 0 Å². The van der Waals surface area contributed by atoms with Gasteiger partial charge >= 0.3 is 0 Å². The lowest BCUT2D eigenvalue weighted by atomic mass is 10.1. The van der Waals surface area contributed by atoms with Crippen LogP contribution < -0.4 is 0 Å². The standard InChI is InChI=1S/C15H22N2OS/c1-11-6-7-13(19)9-14(11)15(18)17(3)10-12-5-4-8-16(12)2/h6-7,9,12,19H,4-5,8,10H2,1-3H3. The predicted octanol–water partition coefficient (Wildman–Crippen LogP) is 2.45. The van der Waals surface area contributed by atoms with Crippen LogP contribution in [0.1, 0.15) is 28.8 Å². The van der Waals surface area contributed by atoms with Crippen LogP contribution in [0.25, 0.3) is 0 Å². The molecule has 1 aliphatic heterocycles. The zero-order chi connectivity index (χ0) is 14.0. The minimum absolute atomic E-state index is 0.0914. The Kier molecular flexibility index (Phi) is 4.53. The zero-order valence-corrected chi connectivity index (χ0v) is 12.8. The highest BCUT2D eigenvalue weighted by molar-refractivity contribution is 7.80. The van der Waals surface area contributed by atoms with Gasteiger partial charge in [0.05, 0.1) is 0 Å². The van der Waals surface area contributed by atoms with Crippen LogP contribution in [-0.2, 0) is 0 Å². The van der Waals surface area contributed by atoms with Crippen LogP contribution >= 0.6 is 12.6 Å². The smallest absolute Gasteiger partial charge is 0.253 e. The van der Waals surface area contributed by atoms with Gasteiger partial charge in [-0.25, -0.2) is 0 Å². The van der Waals surface area contributed by atoms with Gasteiger partial charge in [-0.15, -0.1) is 12.6 Å². The predicted molar refractivity (Wildman–Crippen MR) is 81.0 cm³/mol.